The Labute approximate surface area is 221 Å². The molecule has 3 aromatic rings. The molecule has 0 N–H and O–H groups in total. The highest BCUT2D eigenvalue weighted by Gasteiger charge is 2.35. The van der Waals surface area contributed by atoms with Gasteiger partial charge in [-0.05, 0) is 73.5 Å². The van der Waals surface area contributed by atoms with Gasteiger partial charge in [-0.15, -0.1) is 0 Å². The van der Waals surface area contributed by atoms with Gasteiger partial charge in [0.15, 0.2) is 4.80 Å². The van der Waals surface area contributed by atoms with Crippen LogP contribution in [0, 0.1) is 0 Å². The molecule has 0 bridgehead atoms. The number of nitrogens with zero attached hydrogens (tertiary/aromatic N) is 2. The Morgan fingerprint density at radius 3 is 2.64 bits per heavy atom. The maximum Gasteiger partial charge on any atom is 0.338 e. The Morgan fingerprint density at radius 2 is 1.97 bits per heavy atom. The zero-order chi connectivity index (χ0) is 26.0. The van der Waals surface area contributed by atoms with Gasteiger partial charge in [-0.2, -0.15) is 0 Å². The molecule has 0 amide bonds. The van der Waals surface area contributed by atoms with Crippen LogP contribution in [-0.2, 0) is 9.53 Å². The Bertz CT molecular complexity index is 1520. The first-order valence-corrected chi connectivity index (χ1v) is 13.1. The zero-order valence-electron chi connectivity index (χ0n) is 20.7. The molecule has 0 saturated carbocycles. The van der Waals surface area contributed by atoms with Gasteiger partial charge in [-0.1, -0.05) is 35.6 Å². The summed E-state index contributed by atoms with van der Waals surface area (Å²) in [5.74, 6) is 0.796. The summed E-state index contributed by atoms with van der Waals surface area (Å²) in [7, 11) is 1.60. The normalized spacial score (nSPS) is 15.5. The van der Waals surface area contributed by atoms with E-state index in [1.807, 2.05) is 62.4 Å². The van der Waals surface area contributed by atoms with E-state index in [-0.39, 0.29) is 18.3 Å². The van der Waals surface area contributed by atoms with Crippen molar-refractivity contribution in [2.45, 2.75) is 39.8 Å². The first-order chi connectivity index (χ1) is 17.2. The SMILES string of the molecule is CCOC(=O)C1=C(C)N=c2s/c(=C/c3ccc(OC)c(Br)c3)c(=O)n2[C@H]1c1ccccc1OC(C)C. The molecule has 0 fully saturated rings. The lowest BCUT2D eigenvalue weighted by Crippen LogP contribution is -2.40. The number of ether oxygens (including phenoxy) is 3. The van der Waals surface area contributed by atoms with Crippen molar-refractivity contribution in [3.63, 3.8) is 0 Å². The lowest BCUT2D eigenvalue weighted by atomic mass is 9.95. The summed E-state index contributed by atoms with van der Waals surface area (Å²) in [4.78, 5) is 32.1. The maximum atomic E-state index is 13.8. The van der Waals surface area contributed by atoms with Crippen LogP contribution in [0.3, 0.4) is 0 Å². The van der Waals surface area contributed by atoms with Crippen molar-refractivity contribution in [2.75, 3.05) is 13.7 Å². The molecule has 0 aliphatic carbocycles. The number of hydrogen-bond acceptors (Lipinski definition) is 7. The summed E-state index contributed by atoms with van der Waals surface area (Å²) < 4.78 is 19.6. The Balaban J connectivity index is 1.96. The van der Waals surface area contributed by atoms with Gasteiger partial charge in [0.1, 0.15) is 17.5 Å². The zero-order valence-corrected chi connectivity index (χ0v) is 23.1. The highest BCUT2D eigenvalue weighted by Crippen LogP contribution is 2.36. The number of halogens is 1. The van der Waals surface area contributed by atoms with Gasteiger partial charge in [0.2, 0.25) is 0 Å². The van der Waals surface area contributed by atoms with Gasteiger partial charge in [-0.25, -0.2) is 9.79 Å². The number of esters is 1. The van der Waals surface area contributed by atoms with Crippen LogP contribution in [0.15, 0.2) is 68.0 Å². The third kappa shape index (κ3) is 5.03. The van der Waals surface area contributed by atoms with Crippen molar-refractivity contribution in [2.24, 2.45) is 4.99 Å². The molecule has 9 heteroatoms. The molecule has 1 aliphatic heterocycles. The van der Waals surface area contributed by atoms with Crippen molar-refractivity contribution in [3.8, 4) is 11.5 Å². The number of thiazole rings is 1. The molecular formula is C27H27BrN2O5S. The van der Waals surface area contributed by atoms with Crippen LogP contribution in [0.1, 0.15) is 44.9 Å². The third-order valence-electron chi connectivity index (χ3n) is 5.57. The summed E-state index contributed by atoms with van der Waals surface area (Å²) >= 11 is 4.77. The van der Waals surface area contributed by atoms with Gasteiger partial charge >= 0.3 is 5.97 Å². The van der Waals surface area contributed by atoms with E-state index in [2.05, 4.69) is 20.9 Å². The molecule has 1 atom stereocenters. The van der Waals surface area contributed by atoms with E-state index < -0.39 is 12.0 Å². The van der Waals surface area contributed by atoms with Crippen molar-refractivity contribution >= 4 is 39.3 Å². The molecule has 0 saturated heterocycles. The summed E-state index contributed by atoms with van der Waals surface area (Å²) in [6.07, 6.45) is 1.72. The molecule has 188 valence electrons. The predicted octanol–water partition coefficient (Wildman–Crippen LogP) is 4.36. The molecule has 36 heavy (non-hydrogen) atoms. The molecule has 2 heterocycles. The largest absolute Gasteiger partial charge is 0.496 e. The van der Waals surface area contributed by atoms with E-state index >= 15 is 0 Å². The van der Waals surface area contributed by atoms with Gasteiger partial charge in [0.05, 0.1) is 40.1 Å². The van der Waals surface area contributed by atoms with Crippen LogP contribution in [0.25, 0.3) is 6.08 Å². The number of aromatic nitrogens is 1. The van der Waals surface area contributed by atoms with E-state index in [0.29, 0.717) is 37.7 Å². The Kier molecular flexibility index (Phi) is 7.80. The number of rotatable bonds is 7. The summed E-state index contributed by atoms with van der Waals surface area (Å²) in [6.45, 7) is 7.60. The average Bonchev–Trinajstić information content (AvgIpc) is 3.13. The fourth-order valence-corrected chi connectivity index (χ4v) is 5.68. The molecular weight excluding hydrogens is 544 g/mol. The number of methoxy groups -OCH3 is 1. The second-order valence-corrected chi connectivity index (χ2v) is 10.3. The molecule has 1 aromatic heterocycles. The summed E-state index contributed by atoms with van der Waals surface area (Å²) in [5, 5.41) is 0. The second kappa shape index (κ2) is 10.8. The van der Waals surface area contributed by atoms with E-state index in [1.54, 1.807) is 25.5 Å². The number of carbonyl (C=O) groups excluding carboxylic acids is 1. The van der Waals surface area contributed by atoms with E-state index in [4.69, 9.17) is 14.2 Å². The maximum absolute atomic E-state index is 13.8. The fourth-order valence-electron chi connectivity index (χ4n) is 4.08. The predicted molar refractivity (Wildman–Crippen MR) is 143 cm³/mol. The highest BCUT2D eigenvalue weighted by molar-refractivity contribution is 9.10. The van der Waals surface area contributed by atoms with Gasteiger partial charge in [0, 0.05) is 5.56 Å². The Morgan fingerprint density at radius 1 is 1.22 bits per heavy atom. The minimum atomic E-state index is -0.736. The van der Waals surface area contributed by atoms with Crippen LogP contribution >= 0.6 is 27.3 Å². The van der Waals surface area contributed by atoms with Gasteiger partial charge < -0.3 is 14.2 Å². The quantitative estimate of drug-likeness (QED) is 0.394. The number of carbonyl (C=O) groups is 1. The summed E-state index contributed by atoms with van der Waals surface area (Å²) in [6, 6.07) is 12.3. The molecule has 0 unspecified atom stereocenters. The summed E-state index contributed by atoms with van der Waals surface area (Å²) in [5.41, 5.74) is 2.11. The number of benzene rings is 2. The standard InChI is InChI=1S/C27H27BrN2O5S/c1-6-34-26(32)23-16(4)29-27-30(24(23)18-9-7-8-10-20(18)35-15(2)3)25(31)22(36-27)14-17-11-12-21(33-5)19(28)13-17/h7-15,24H,6H2,1-5H3/b22-14+/t24-/m0/s1. The number of hydrogen-bond donors (Lipinski definition) is 0. The first kappa shape index (κ1) is 25.9. The van der Waals surface area contributed by atoms with Gasteiger partial charge in [0.25, 0.3) is 5.56 Å². The number of para-hydroxylation sites is 1. The Hall–Kier alpha value is -3.17. The lowest BCUT2D eigenvalue weighted by molar-refractivity contribution is -0.139. The molecule has 7 nitrogen and oxygen atoms in total. The van der Waals surface area contributed by atoms with Crippen molar-refractivity contribution < 1.29 is 19.0 Å². The van der Waals surface area contributed by atoms with Crippen molar-refractivity contribution in [3.05, 3.63) is 89.0 Å². The number of fused-ring (bicyclic) bond motifs is 1. The van der Waals surface area contributed by atoms with Crippen molar-refractivity contribution in [1.82, 2.24) is 4.57 Å². The van der Waals surface area contributed by atoms with Crippen LogP contribution in [-0.4, -0.2) is 30.4 Å². The average molecular weight is 571 g/mol. The van der Waals surface area contributed by atoms with E-state index in [9.17, 15) is 9.59 Å². The topological polar surface area (TPSA) is 79.1 Å². The van der Waals surface area contributed by atoms with Crippen LogP contribution in [0.5, 0.6) is 11.5 Å². The van der Waals surface area contributed by atoms with Gasteiger partial charge in [-0.3, -0.25) is 9.36 Å². The minimum Gasteiger partial charge on any atom is -0.496 e. The van der Waals surface area contributed by atoms with E-state index in [0.717, 1.165) is 10.0 Å². The van der Waals surface area contributed by atoms with E-state index in [1.165, 1.54) is 11.3 Å². The molecule has 4 rings (SSSR count). The van der Waals surface area contributed by atoms with Crippen LogP contribution < -0.4 is 24.4 Å². The third-order valence-corrected chi connectivity index (χ3v) is 7.17. The molecule has 0 spiro atoms. The van der Waals surface area contributed by atoms with Crippen LogP contribution in [0.2, 0.25) is 0 Å². The first-order valence-electron chi connectivity index (χ1n) is 11.5. The molecule has 2 aromatic carbocycles. The minimum absolute atomic E-state index is 0.0911. The molecule has 1 aliphatic rings. The highest BCUT2D eigenvalue weighted by atomic mass is 79.9. The monoisotopic (exact) mass is 570 g/mol. The molecule has 0 radical (unpaired) electrons. The van der Waals surface area contributed by atoms with Crippen molar-refractivity contribution in [1.29, 1.82) is 0 Å². The lowest BCUT2D eigenvalue weighted by Gasteiger charge is -2.26. The fraction of sp³-hybridized carbons (Fsp3) is 0.296. The number of allylic oxidation sites excluding steroid dienone is 1. The van der Waals surface area contributed by atoms with Crippen LogP contribution in [0.4, 0.5) is 0 Å². The smallest absolute Gasteiger partial charge is 0.338 e. The second-order valence-electron chi connectivity index (χ2n) is 8.40.